The summed E-state index contributed by atoms with van der Waals surface area (Å²) in [7, 11) is 3.84. The Balaban J connectivity index is 2.11. The number of methoxy groups -OCH3 is 1. The summed E-state index contributed by atoms with van der Waals surface area (Å²) < 4.78 is 5.18. The number of hydrogen-bond acceptors (Lipinski definition) is 3. The summed E-state index contributed by atoms with van der Waals surface area (Å²) in [6.07, 6.45) is 1.82. The molecule has 1 heterocycles. The van der Waals surface area contributed by atoms with Crippen molar-refractivity contribution in [2.45, 2.75) is 38.3 Å². The Kier molecular flexibility index (Phi) is 4.16. The highest BCUT2D eigenvalue weighted by Crippen LogP contribution is 2.33. The molecule has 3 heteroatoms. The molecular weight excluding hydrogens is 238 g/mol. The molecule has 0 saturated carbocycles. The first-order valence-corrected chi connectivity index (χ1v) is 6.99. The zero-order chi connectivity index (χ0) is 14.0. The van der Waals surface area contributed by atoms with Crippen LogP contribution in [0, 0.1) is 5.92 Å². The Labute approximate surface area is 116 Å². The molecule has 19 heavy (non-hydrogen) atoms. The second kappa shape index (κ2) is 5.51. The van der Waals surface area contributed by atoms with Gasteiger partial charge in [0, 0.05) is 18.5 Å². The van der Waals surface area contributed by atoms with E-state index in [1.807, 2.05) is 19.1 Å². The van der Waals surface area contributed by atoms with Gasteiger partial charge in [-0.15, -0.1) is 0 Å². The van der Waals surface area contributed by atoms with Gasteiger partial charge in [-0.2, -0.15) is 0 Å². The van der Waals surface area contributed by atoms with Crippen LogP contribution in [0.1, 0.15) is 25.8 Å². The van der Waals surface area contributed by atoms with Gasteiger partial charge in [-0.25, -0.2) is 0 Å². The van der Waals surface area contributed by atoms with Gasteiger partial charge in [-0.05, 0) is 44.5 Å². The average Bonchev–Trinajstić information content (AvgIpc) is 2.40. The third-order valence-electron chi connectivity index (χ3n) is 4.70. The molecule has 1 aromatic rings. The van der Waals surface area contributed by atoms with E-state index in [4.69, 9.17) is 4.74 Å². The van der Waals surface area contributed by atoms with E-state index in [0.717, 1.165) is 25.1 Å². The smallest absolute Gasteiger partial charge is 0.118 e. The number of ether oxygens (including phenoxy) is 1. The molecule has 0 aliphatic carbocycles. The van der Waals surface area contributed by atoms with Crippen molar-refractivity contribution < 1.29 is 9.84 Å². The van der Waals surface area contributed by atoms with Crippen LogP contribution < -0.4 is 4.74 Å². The molecule has 1 fully saturated rings. The maximum Gasteiger partial charge on any atom is 0.118 e. The topological polar surface area (TPSA) is 32.7 Å². The summed E-state index contributed by atoms with van der Waals surface area (Å²) in [5.74, 6) is 1.16. The number of hydrogen-bond donors (Lipinski definition) is 1. The van der Waals surface area contributed by atoms with Crippen LogP contribution in [-0.4, -0.2) is 42.4 Å². The van der Waals surface area contributed by atoms with Gasteiger partial charge in [0.1, 0.15) is 5.75 Å². The van der Waals surface area contributed by atoms with E-state index in [1.54, 1.807) is 7.11 Å². The molecule has 1 aromatic carbocycles. The molecule has 3 atom stereocenters. The van der Waals surface area contributed by atoms with Crippen LogP contribution in [0.4, 0.5) is 0 Å². The average molecular weight is 263 g/mol. The summed E-state index contributed by atoms with van der Waals surface area (Å²) in [6, 6.07) is 8.62. The lowest BCUT2D eigenvalue weighted by molar-refractivity contribution is -0.0741. The third-order valence-corrected chi connectivity index (χ3v) is 4.70. The van der Waals surface area contributed by atoms with Crippen molar-refractivity contribution in [2.24, 2.45) is 5.92 Å². The Morgan fingerprint density at radius 1 is 1.37 bits per heavy atom. The van der Waals surface area contributed by atoms with E-state index in [2.05, 4.69) is 31.0 Å². The molecule has 0 spiro atoms. The lowest BCUT2D eigenvalue weighted by Crippen LogP contribution is -2.54. The molecule has 106 valence electrons. The van der Waals surface area contributed by atoms with Gasteiger partial charge in [-0.3, -0.25) is 0 Å². The van der Waals surface area contributed by atoms with E-state index < -0.39 is 5.60 Å². The van der Waals surface area contributed by atoms with Crippen molar-refractivity contribution in [2.75, 3.05) is 20.7 Å². The number of likely N-dealkylation sites (N-methyl/N-ethyl adjacent to an activating group) is 1. The highest BCUT2D eigenvalue weighted by atomic mass is 16.5. The fraction of sp³-hybridized carbons (Fsp3) is 0.625. The van der Waals surface area contributed by atoms with Gasteiger partial charge >= 0.3 is 0 Å². The number of rotatable bonds is 3. The summed E-state index contributed by atoms with van der Waals surface area (Å²) in [5, 5.41) is 10.4. The van der Waals surface area contributed by atoms with Gasteiger partial charge in [0.05, 0.1) is 12.7 Å². The standard InChI is InChI=1S/C16H25NO2/c1-12-15(17(3)10-9-16(12,2)18)11-13-5-7-14(19-4)8-6-13/h5-8,12,15,18H,9-11H2,1-4H3/t12-,15-,16?/m0/s1. The minimum atomic E-state index is -0.552. The minimum Gasteiger partial charge on any atom is -0.497 e. The summed E-state index contributed by atoms with van der Waals surface area (Å²) in [4.78, 5) is 2.37. The second-order valence-corrected chi connectivity index (χ2v) is 6.00. The van der Waals surface area contributed by atoms with Gasteiger partial charge < -0.3 is 14.7 Å². The molecule has 1 aliphatic rings. The summed E-state index contributed by atoms with van der Waals surface area (Å²) >= 11 is 0. The molecule has 2 rings (SSSR count). The van der Waals surface area contributed by atoms with Crippen LogP contribution >= 0.6 is 0 Å². The van der Waals surface area contributed by atoms with E-state index in [9.17, 15) is 5.11 Å². The quantitative estimate of drug-likeness (QED) is 0.908. The van der Waals surface area contributed by atoms with Crippen molar-refractivity contribution in [3.63, 3.8) is 0 Å². The third kappa shape index (κ3) is 3.10. The minimum absolute atomic E-state index is 0.272. The van der Waals surface area contributed by atoms with Gasteiger partial charge in [0.25, 0.3) is 0 Å². The van der Waals surface area contributed by atoms with Gasteiger partial charge in [-0.1, -0.05) is 19.1 Å². The zero-order valence-corrected chi connectivity index (χ0v) is 12.4. The molecule has 0 aromatic heterocycles. The van der Waals surface area contributed by atoms with Gasteiger partial charge in [0.2, 0.25) is 0 Å². The monoisotopic (exact) mass is 263 g/mol. The van der Waals surface area contributed by atoms with Gasteiger partial charge in [0.15, 0.2) is 0 Å². The van der Waals surface area contributed by atoms with Crippen LogP contribution in [0.5, 0.6) is 5.75 Å². The number of piperidine rings is 1. The highest BCUT2D eigenvalue weighted by molar-refractivity contribution is 5.28. The molecule has 3 nitrogen and oxygen atoms in total. The number of likely N-dealkylation sites (tertiary alicyclic amines) is 1. The molecular formula is C16H25NO2. The first-order chi connectivity index (χ1) is 8.94. The molecule has 0 bridgehead atoms. The Hall–Kier alpha value is -1.06. The van der Waals surface area contributed by atoms with E-state index in [1.165, 1.54) is 5.56 Å². The Morgan fingerprint density at radius 3 is 2.58 bits per heavy atom. The predicted octanol–water partition coefficient (Wildman–Crippen LogP) is 2.33. The van der Waals surface area contributed by atoms with Crippen LogP contribution in [0.3, 0.4) is 0 Å². The summed E-state index contributed by atoms with van der Waals surface area (Å²) in [5.41, 5.74) is 0.742. The van der Waals surface area contributed by atoms with Crippen molar-refractivity contribution in [3.8, 4) is 5.75 Å². The zero-order valence-electron chi connectivity index (χ0n) is 12.4. The van der Waals surface area contributed by atoms with Crippen LogP contribution in [0.25, 0.3) is 0 Å². The molecule has 1 aliphatic heterocycles. The fourth-order valence-electron chi connectivity index (χ4n) is 2.93. The lowest BCUT2D eigenvalue weighted by atomic mass is 9.76. The normalized spacial score (nSPS) is 32.3. The van der Waals surface area contributed by atoms with Crippen LogP contribution in [0.15, 0.2) is 24.3 Å². The SMILES string of the molecule is COc1ccc(C[C@H]2[C@H](C)C(C)(O)CCN2C)cc1. The van der Waals surface area contributed by atoms with Crippen molar-refractivity contribution in [1.82, 2.24) is 4.90 Å². The van der Waals surface area contributed by atoms with E-state index in [0.29, 0.717) is 6.04 Å². The van der Waals surface area contributed by atoms with Crippen molar-refractivity contribution >= 4 is 0 Å². The molecule has 0 amide bonds. The highest BCUT2D eigenvalue weighted by Gasteiger charge is 2.40. The predicted molar refractivity (Wildman–Crippen MR) is 77.5 cm³/mol. The number of benzene rings is 1. The van der Waals surface area contributed by atoms with Crippen LogP contribution in [-0.2, 0) is 6.42 Å². The molecule has 0 radical (unpaired) electrons. The Morgan fingerprint density at radius 2 is 2.00 bits per heavy atom. The van der Waals surface area contributed by atoms with Crippen molar-refractivity contribution in [3.05, 3.63) is 29.8 Å². The first kappa shape index (κ1) is 14.4. The second-order valence-electron chi connectivity index (χ2n) is 6.00. The molecule has 1 unspecified atom stereocenters. The van der Waals surface area contributed by atoms with E-state index in [-0.39, 0.29) is 5.92 Å². The molecule has 1 N–H and O–H groups in total. The lowest BCUT2D eigenvalue weighted by Gasteiger charge is -2.46. The number of nitrogens with zero attached hydrogens (tertiary/aromatic N) is 1. The Bertz CT molecular complexity index is 413. The maximum atomic E-state index is 10.4. The number of aliphatic hydroxyl groups is 1. The summed E-state index contributed by atoms with van der Waals surface area (Å²) in [6.45, 7) is 5.08. The van der Waals surface area contributed by atoms with Crippen molar-refractivity contribution in [1.29, 1.82) is 0 Å². The van der Waals surface area contributed by atoms with E-state index >= 15 is 0 Å². The largest absolute Gasteiger partial charge is 0.497 e. The molecule has 1 saturated heterocycles. The fourth-order valence-corrected chi connectivity index (χ4v) is 2.93. The van der Waals surface area contributed by atoms with Crippen LogP contribution in [0.2, 0.25) is 0 Å². The first-order valence-electron chi connectivity index (χ1n) is 6.99. The maximum absolute atomic E-state index is 10.4.